The van der Waals surface area contributed by atoms with Gasteiger partial charge in [0.1, 0.15) is 5.75 Å². The first kappa shape index (κ1) is 19.1. The van der Waals surface area contributed by atoms with Crippen LogP contribution in [0.1, 0.15) is 23.1 Å². The fourth-order valence-electron chi connectivity index (χ4n) is 2.79. The first-order valence-corrected chi connectivity index (χ1v) is 9.53. The summed E-state index contributed by atoms with van der Waals surface area (Å²) in [7, 11) is 1.63. The molecule has 3 rings (SSSR count). The van der Waals surface area contributed by atoms with Crippen LogP contribution in [-0.4, -0.2) is 18.0 Å². The number of amides is 1. The second-order valence-corrected chi connectivity index (χ2v) is 7.10. The molecule has 0 bridgehead atoms. The summed E-state index contributed by atoms with van der Waals surface area (Å²) in [5.41, 5.74) is 4.31. The maximum atomic E-state index is 12.2. The van der Waals surface area contributed by atoms with Gasteiger partial charge in [0.2, 0.25) is 5.91 Å². The van der Waals surface area contributed by atoms with Crippen molar-refractivity contribution in [1.29, 1.82) is 0 Å². The van der Waals surface area contributed by atoms with E-state index in [2.05, 4.69) is 26.2 Å². The third-order valence-electron chi connectivity index (χ3n) is 4.25. The van der Waals surface area contributed by atoms with Crippen LogP contribution in [0, 0.1) is 0 Å². The van der Waals surface area contributed by atoms with E-state index in [0.717, 1.165) is 27.9 Å². The van der Waals surface area contributed by atoms with Gasteiger partial charge in [0.25, 0.3) is 0 Å². The molecule has 138 valence electrons. The van der Waals surface area contributed by atoms with Crippen LogP contribution in [0.2, 0.25) is 0 Å². The molecule has 2 aromatic carbocycles. The molecule has 0 saturated carbocycles. The predicted octanol–water partition coefficient (Wildman–Crippen LogP) is 5.01. The Labute approximate surface area is 167 Å². The minimum Gasteiger partial charge on any atom is -0.496 e. The van der Waals surface area contributed by atoms with Gasteiger partial charge >= 0.3 is 0 Å². The number of carbonyl (C=O) groups is 1. The fraction of sp³-hybridized carbons (Fsp3) is 0.182. The SMILES string of the molecule is COc1ccc(CCC(=O)Nc2ccc(Cc3ccncc3)cc2)cc1Br. The monoisotopic (exact) mass is 424 g/mol. The number of benzene rings is 2. The van der Waals surface area contributed by atoms with E-state index in [1.54, 1.807) is 19.5 Å². The number of carbonyl (C=O) groups excluding carboxylic acids is 1. The van der Waals surface area contributed by atoms with Gasteiger partial charge in [-0.05, 0) is 81.9 Å². The highest BCUT2D eigenvalue weighted by molar-refractivity contribution is 9.10. The molecular formula is C22H21BrN2O2. The molecular weight excluding hydrogens is 404 g/mol. The number of rotatable bonds is 7. The van der Waals surface area contributed by atoms with Gasteiger partial charge in [0.15, 0.2) is 0 Å². The van der Waals surface area contributed by atoms with Crippen molar-refractivity contribution in [3.63, 3.8) is 0 Å². The molecule has 1 amide bonds. The Kier molecular flexibility index (Phi) is 6.60. The number of ether oxygens (including phenoxy) is 1. The zero-order chi connectivity index (χ0) is 19.1. The zero-order valence-electron chi connectivity index (χ0n) is 15.1. The minimum atomic E-state index is 0.00354. The van der Waals surface area contributed by atoms with Crippen LogP contribution in [0.25, 0.3) is 0 Å². The number of hydrogen-bond acceptors (Lipinski definition) is 3. The largest absolute Gasteiger partial charge is 0.496 e. The normalized spacial score (nSPS) is 10.4. The Balaban J connectivity index is 1.51. The lowest BCUT2D eigenvalue weighted by atomic mass is 10.1. The molecule has 0 spiro atoms. The van der Waals surface area contributed by atoms with Crippen LogP contribution in [0.3, 0.4) is 0 Å². The summed E-state index contributed by atoms with van der Waals surface area (Å²) in [6.07, 6.45) is 5.55. The van der Waals surface area contributed by atoms with E-state index in [1.165, 1.54) is 11.1 Å². The quantitative estimate of drug-likeness (QED) is 0.579. The number of pyridine rings is 1. The second kappa shape index (κ2) is 9.33. The lowest BCUT2D eigenvalue weighted by Crippen LogP contribution is -2.12. The molecule has 0 radical (unpaired) electrons. The number of anilines is 1. The molecule has 5 heteroatoms. The number of halogens is 1. The number of aryl methyl sites for hydroxylation is 1. The van der Waals surface area contributed by atoms with Gasteiger partial charge in [0, 0.05) is 24.5 Å². The van der Waals surface area contributed by atoms with Crippen molar-refractivity contribution in [2.24, 2.45) is 0 Å². The summed E-state index contributed by atoms with van der Waals surface area (Å²) in [6, 6.07) is 17.8. The molecule has 0 saturated heterocycles. The van der Waals surface area contributed by atoms with Gasteiger partial charge < -0.3 is 10.1 Å². The molecule has 1 N–H and O–H groups in total. The predicted molar refractivity (Wildman–Crippen MR) is 111 cm³/mol. The van der Waals surface area contributed by atoms with Gasteiger partial charge in [-0.25, -0.2) is 0 Å². The van der Waals surface area contributed by atoms with Crippen molar-refractivity contribution >= 4 is 27.5 Å². The Hall–Kier alpha value is -2.66. The number of nitrogens with zero attached hydrogens (tertiary/aromatic N) is 1. The summed E-state index contributed by atoms with van der Waals surface area (Å²) in [5.74, 6) is 0.791. The van der Waals surface area contributed by atoms with E-state index in [0.29, 0.717) is 12.8 Å². The van der Waals surface area contributed by atoms with E-state index in [1.807, 2.05) is 54.6 Å². The Bertz CT molecular complexity index is 896. The summed E-state index contributed by atoms with van der Waals surface area (Å²) in [4.78, 5) is 16.2. The van der Waals surface area contributed by atoms with Crippen LogP contribution >= 0.6 is 15.9 Å². The van der Waals surface area contributed by atoms with Crippen molar-refractivity contribution in [2.45, 2.75) is 19.3 Å². The first-order chi connectivity index (χ1) is 13.1. The van der Waals surface area contributed by atoms with Crippen molar-refractivity contribution < 1.29 is 9.53 Å². The lowest BCUT2D eigenvalue weighted by molar-refractivity contribution is -0.116. The van der Waals surface area contributed by atoms with Crippen molar-refractivity contribution in [3.8, 4) is 5.75 Å². The molecule has 0 aliphatic rings. The average molecular weight is 425 g/mol. The molecule has 0 aliphatic heterocycles. The molecule has 4 nitrogen and oxygen atoms in total. The third-order valence-corrected chi connectivity index (χ3v) is 4.87. The lowest BCUT2D eigenvalue weighted by Gasteiger charge is -2.08. The summed E-state index contributed by atoms with van der Waals surface area (Å²) >= 11 is 3.47. The van der Waals surface area contributed by atoms with Gasteiger partial charge in [0.05, 0.1) is 11.6 Å². The maximum Gasteiger partial charge on any atom is 0.224 e. The average Bonchev–Trinajstić information content (AvgIpc) is 2.69. The van der Waals surface area contributed by atoms with Gasteiger partial charge in [-0.3, -0.25) is 9.78 Å². The van der Waals surface area contributed by atoms with Crippen LogP contribution in [0.4, 0.5) is 5.69 Å². The summed E-state index contributed by atoms with van der Waals surface area (Å²) in [5, 5.41) is 2.96. The van der Waals surface area contributed by atoms with Crippen molar-refractivity contribution in [2.75, 3.05) is 12.4 Å². The Morgan fingerprint density at radius 2 is 1.67 bits per heavy atom. The Morgan fingerprint density at radius 3 is 2.33 bits per heavy atom. The summed E-state index contributed by atoms with van der Waals surface area (Å²) in [6.45, 7) is 0. The van der Waals surface area contributed by atoms with E-state index in [-0.39, 0.29) is 5.91 Å². The van der Waals surface area contributed by atoms with Gasteiger partial charge in [-0.15, -0.1) is 0 Å². The van der Waals surface area contributed by atoms with Gasteiger partial charge in [-0.2, -0.15) is 0 Å². The number of hydrogen-bond donors (Lipinski definition) is 1. The van der Waals surface area contributed by atoms with E-state index >= 15 is 0 Å². The maximum absolute atomic E-state index is 12.2. The van der Waals surface area contributed by atoms with Crippen LogP contribution in [0.5, 0.6) is 5.75 Å². The van der Waals surface area contributed by atoms with E-state index in [9.17, 15) is 4.79 Å². The molecule has 0 atom stereocenters. The third kappa shape index (κ3) is 5.66. The standard InChI is InChI=1S/C22H21BrN2O2/c1-27-21-8-4-17(15-20(21)23)5-9-22(26)25-19-6-2-16(3-7-19)14-18-10-12-24-13-11-18/h2-4,6-8,10-13,15H,5,9,14H2,1H3,(H,25,26). The molecule has 0 unspecified atom stereocenters. The highest BCUT2D eigenvalue weighted by Crippen LogP contribution is 2.26. The van der Waals surface area contributed by atoms with Crippen LogP contribution in [-0.2, 0) is 17.6 Å². The number of methoxy groups -OCH3 is 1. The van der Waals surface area contributed by atoms with E-state index < -0.39 is 0 Å². The molecule has 1 aromatic heterocycles. The summed E-state index contributed by atoms with van der Waals surface area (Å²) < 4.78 is 6.12. The highest BCUT2D eigenvalue weighted by Gasteiger charge is 2.06. The van der Waals surface area contributed by atoms with Crippen molar-refractivity contribution in [1.82, 2.24) is 4.98 Å². The van der Waals surface area contributed by atoms with Crippen LogP contribution < -0.4 is 10.1 Å². The topological polar surface area (TPSA) is 51.2 Å². The van der Waals surface area contributed by atoms with Gasteiger partial charge in [-0.1, -0.05) is 18.2 Å². The molecule has 3 aromatic rings. The molecule has 27 heavy (non-hydrogen) atoms. The molecule has 1 heterocycles. The number of aromatic nitrogens is 1. The highest BCUT2D eigenvalue weighted by atomic mass is 79.9. The molecule has 0 aliphatic carbocycles. The second-order valence-electron chi connectivity index (χ2n) is 6.25. The first-order valence-electron chi connectivity index (χ1n) is 8.74. The zero-order valence-corrected chi connectivity index (χ0v) is 16.7. The smallest absolute Gasteiger partial charge is 0.224 e. The van der Waals surface area contributed by atoms with Crippen LogP contribution in [0.15, 0.2) is 71.5 Å². The number of nitrogens with one attached hydrogen (secondary N) is 1. The van der Waals surface area contributed by atoms with Crippen molar-refractivity contribution in [3.05, 3.63) is 88.2 Å². The van der Waals surface area contributed by atoms with E-state index in [4.69, 9.17) is 4.74 Å². The molecule has 0 fully saturated rings. The minimum absolute atomic E-state index is 0.00354. The Morgan fingerprint density at radius 1 is 1.00 bits per heavy atom. The fourth-order valence-corrected chi connectivity index (χ4v) is 3.38.